The van der Waals surface area contributed by atoms with Crippen molar-refractivity contribution < 1.29 is 0 Å². The molecule has 0 saturated carbocycles. The summed E-state index contributed by atoms with van der Waals surface area (Å²) in [5.41, 5.74) is 2.66. The van der Waals surface area contributed by atoms with Gasteiger partial charge in [0.05, 0.1) is 5.01 Å². The number of hydrogen-bond donors (Lipinski definition) is 1. The zero-order valence-corrected chi connectivity index (χ0v) is 11.1. The van der Waals surface area contributed by atoms with Gasteiger partial charge in [0.1, 0.15) is 0 Å². The van der Waals surface area contributed by atoms with Crippen LogP contribution in [0.3, 0.4) is 0 Å². The zero-order valence-electron chi connectivity index (χ0n) is 10.3. The molecule has 0 spiro atoms. The standard InChI is InChI=1S/C14H18N2S/c1-11-4-3-5-13(8-11)10-15-9-12(2)14-16-6-7-17-14/h3-8,12,15H,9-10H2,1-2H3. The number of nitrogens with zero attached hydrogens (tertiary/aromatic N) is 1. The molecule has 0 bridgehead atoms. The summed E-state index contributed by atoms with van der Waals surface area (Å²) in [6.45, 7) is 6.24. The van der Waals surface area contributed by atoms with Crippen LogP contribution in [0.25, 0.3) is 0 Å². The van der Waals surface area contributed by atoms with Crippen molar-refractivity contribution in [2.75, 3.05) is 6.54 Å². The molecule has 1 heterocycles. The number of benzene rings is 1. The van der Waals surface area contributed by atoms with Crippen LogP contribution in [-0.2, 0) is 6.54 Å². The molecule has 0 saturated heterocycles. The van der Waals surface area contributed by atoms with Crippen LogP contribution in [0, 0.1) is 6.92 Å². The maximum atomic E-state index is 4.33. The lowest BCUT2D eigenvalue weighted by Crippen LogP contribution is -2.19. The monoisotopic (exact) mass is 246 g/mol. The van der Waals surface area contributed by atoms with Gasteiger partial charge in [-0.1, -0.05) is 36.8 Å². The van der Waals surface area contributed by atoms with Gasteiger partial charge in [-0.2, -0.15) is 0 Å². The van der Waals surface area contributed by atoms with E-state index >= 15 is 0 Å². The highest BCUT2D eigenvalue weighted by Crippen LogP contribution is 2.16. The second-order valence-electron chi connectivity index (χ2n) is 4.39. The topological polar surface area (TPSA) is 24.9 Å². The summed E-state index contributed by atoms with van der Waals surface area (Å²) in [5, 5.41) is 6.73. The van der Waals surface area contributed by atoms with Crippen molar-refractivity contribution in [2.24, 2.45) is 0 Å². The second-order valence-corrected chi connectivity index (χ2v) is 5.32. The Bertz CT molecular complexity index is 451. The highest BCUT2D eigenvalue weighted by molar-refractivity contribution is 7.09. The van der Waals surface area contributed by atoms with Crippen molar-refractivity contribution in [1.82, 2.24) is 10.3 Å². The number of thiazole rings is 1. The van der Waals surface area contributed by atoms with Crippen molar-refractivity contribution in [3.63, 3.8) is 0 Å². The molecule has 1 atom stereocenters. The number of hydrogen-bond acceptors (Lipinski definition) is 3. The quantitative estimate of drug-likeness (QED) is 0.875. The number of rotatable bonds is 5. The van der Waals surface area contributed by atoms with Gasteiger partial charge in [0.25, 0.3) is 0 Å². The Morgan fingerprint density at radius 3 is 3.00 bits per heavy atom. The molecule has 1 aromatic carbocycles. The van der Waals surface area contributed by atoms with E-state index in [9.17, 15) is 0 Å². The van der Waals surface area contributed by atoms with Crippen LogP contribution in [0.2, 0.25) is 0 Å². The van der Waals surface area contributed by atoms with Crippen molar-refractivity contribution >= 4 is 11.3 Å². The largest absolute Gasteiger partial charge is 0.312 e. The molecule has 1 N–H and O–H groups in total. The fourth-order valence-electron chi connectivity index (χ4n) is 1.82. The van der Waals surface area contributed by atoms with Gasteiger partial charge in [-0.05, 0) is 12.5 Å². The van der Waals surface area contributed by atoms with E-state index in [1.165, 1.54) is 16.1 Å². The molecule has 0 amide bonds. The zero-order chi connectivity index (χ0) is 12.1. The van der Waals surface area contributed by atoms with E-state index in [-0.39, 0.29) is 0 Å². The smallest absolute Gasteiger partial charge is 0.0965 e. The number of nitrogens with one attached hydrogen (secondary N) is 1. The first kappa shape index (κ1) is 12.3. The lowest BCUT2D eigenvalue weighted by molar-refractivity contribution is 0.612. The third-order valence-electron chi connectivity index (χ3n) is 2.74. The minimum absolute atomic E-state index is 0.486. The Morgan fingerprint density at radius 1 is 1.41 bits per heavy atom. The minimum atomic E-state index is 0.486. The van der Waals surface area contributed by atoms with E-state index in [1.807, 2.05) is 11.6 Å². The summed E-state index contributed by atoms with van der Waals surface area (Å²) in [6, 6.07) is 8.62. The summed E-state index contributed by atoms with van der Waals surface area (Å²) >= 11 is 1.73. The van der Waals surface area contributed by atoms with Gasteiger partial charge in [0.2, 0.25) is 0 Å². The summed E-state index contributed by atoms with van der Waals surface area (Å²) in [4.78, 5) is 4.33. The van der Waals surface area contributed by atoms with E-state index in [0.29, 0.717) is 5.92 Å². The molecule has 2 nitrogen and oxygen atoms in total. The van der Waals surface area contributed by atoms with Gasteiger partial charge in [-0.3, -0.25) is 0 Å². The maximum absolute atomic E-state index is 4.33. The Balaban J connectivity index is 1.80. The van der Waals surface area contributed by atoms with E-state index in [2.05, 4.69) is 48.4 Å². The fraction of sp³-hybridized carbons (Fsp3) is 0.357. The van der Waals surface area contributed by atoms with E-state index < -0.39 is 0 Å². The van der Waals surface area contributed by atoms with Gasteiger partial charge >= 0.3 is 0 Å². The highest BCUT2D eigenvalue weighted by Gasteiger charge is 2.06. The average molecular weight is 246 g/mol. The third-order valence-corrected chi connectivity index (χ3v) is 3.74. The SMILES string of the molecule is Cc1cccc(CNCC(C)c2nccs2)c1. The second kappa shape index (κ2) is 5.94. The summed E-state index contributed by atoms with van der Waals surface area (Å²) in [7, 11) is 0. The van der Waals surface area contributed by atoms with Crippen LogP contribution < -0.4 is 5.32 Å². The Morgan fingerprint density at radius 2 is 2.29 bits per heavy atom. The summed E-state index contributed by atoms with van der Waals surface area (Å²) in [5.74, 6) is 0.486. The van der Waals surface area contributed by atoms with Crippen LogP contribution in [0.15, 0.2) is 35.8 Å². The normalized spacial score (nSPS) is 12.6. The molecular weight excluding hydrogens is 228 g/mol. The van der Waals surface area contributed by atoms with Crippen molar-refractivity contribution in [2.45, 2.75) is 26.3 Å². The molecule has 17 heavy (non-hydrogen) atoms. The molecule has 1 unspecified atom stereocenters. The first-order valence-electron chi connectivity index (χ1n) is 5.91. The lowest BCUT2D eigenvalue weighted by atomic mass is 10.1. The van der Waals surface area contributed by atoms with E-state index in [1.54, 1.807) is 11.3 Å². The molecule has 90 valence electrons. The van der Waals surface area contributed by atoms with E-state index in [4.69, 9.17) is 0 Å². The van der Waals surface area contributed by atoms with Gasteiger partial charge in [0, 0.05) is 30.6 Å². The number of aryl methyl sites for hydroxylation is 1. The van der Waals surface area contributed by atoms with Crippen LogP contribution >= 0.6 is 11.3 Å². The lowest BCUT2D eigenvalue weighted by Gasteiger charge is -2.10. The van der Waals surface area contributed by atoms with Gasteiger partial charge in [0.15, 0.2) is 0 Å². The molecule has 3 heteroatoms. The molecule has 0 aliphatic heterocycles. The van der Waals surface area contributed by atoms with E-state index in [0.717, 1.165) is 13.1 Å². The third kappa shape index (κ3) is 3.65. The molecule has 2 aromatic rings. The van der Waals surface area contributed by atoms with Gasteiger partial charge < -0.3 is 5.32 Å². The Hall–Kier alpha value is -1.19. The fourth-order valence-corrected chi connectivity index (χ4v) is 2.52. The summed E-state index contributed by atoms with van der Waals surface area (Å²) < 4.78 is 0. The Kier molecular flexibility index (Phi) is 4.29. The van der Waals surface area contributed by atoms with Crippen LogP contribution in [0.1, 0.15) is 29.0 Å². The highest BCUT2D eigenvalue weighted by atomic mass is 32.1. The average Bonchev–Trinajstić information content (AvgIpc) is 2.82. The first-order valence-corrected chi connectivity index (χ1v) is 6.79. The minimum Gasteiger partial charge on any atom is -0.312 e. The van der Waals surface area contributed by atoms with Crippen molar-refractivity contribution in [3.05, 3.63) is 52.0 Å². The molecule has 1 aromatic heterocycles. The van der Waals surface area contributed by atoms with Gasteiger partial charge in [-0.25, -0.2) is 4.98 Å². The van der Waals surface area contributed by atoms with Gasteiger partial charge in [-0.15, -0.1) is 11.3 Å². The summed E-state index contributed by atoms with van der Waals surface area (Å²) in [6.07, 6.45) is 1.87. The number of aromatic nitrogens is 1. The van der Waals surface area contributed by atoms with Crippen molar-refractivity contribution in [3.8, 4) is 0 Å². The van der Waals surface area contributed by atoms with Crippen LogP contribution in [0.5, 0.6) is 0 Å². The Labute approximate surface area is 107 Å². The first-order chi connectivity index (χ1) is 8.25. The predicted molar refractivity (Wildman–Crippen MR) is 73.4 cm³/mol. The molecule has 0 radical (unpaired) electrons. The molecule has 0 aliphatic carbocycles. The molecule has 0 aliphatic rings. The van der Waals surface area contributed by atoms with Crippen LogP contribution in [-0.4, -0.2) is 11.5 Å². The molecule has 2 rings (SSSR count). The molecular formula is C14H18N2S. The maximum Gasteiger partial charge on any atom is 0.0965 e. The molecule has 0 fully saturated rings. The van der Waals surface area contributed by atoms with Crippen LogP contribution in [0.4, 0.5) is 0 Å². The van der Waals surface area contributed by atoms with Crippen molar-refractivity contribution in [1.29, 1.82) is 0 Å². The predicted octanol–water partition coefficient (Wildman–Crippen LogP) is 3.34.